The Hall–Kier alpha value is -3.82. The van der Waals surface area contributed by atoms with Crippen LogP contribution in [0.5, 0.6) is 0 Å². The second-order valence-corrected chi connectivity index (χ2v) is 7.59. The van der Waals surface area contributed by atoms with Gasteiger partial charge in [0.15, 0.2) is 0 Å². The Kier molecular flexibility index (Phi) is 5.37. The molecule has 0 spiro atoms. The summed E-state index contributed by atoms with van der Waals surface area (Å²) in [5.74, 6) is -0.598. The van der Waals surface area contributed by atoms with E-state index in [0.29, 0.717) is 41.1 Å². The number of hydrogen-bond donors (Lipinski definition) is 3. The number of aryl methyl sites for hydroxylation is 1. The molecule has 0 unspecified atom stereocenters. The van der Waals surface area contributed by atoms with Gasteiger partial charge in [0.2, 0.25) is 0 Å². The van der Waals surface area contributed by atoms with Crippen molar-refractivity contribution in [2.75, 3.05) is 17.2 Å². The molecule has 2 amide bonds. The van der Waals surface area contributed by atoms with Crippen molar-refractivity contribution >= 4 is 40.6 Å². The largest absolute Gasteiger partial charge is 0.367 e. The van der Waals surface area contributed by atoms with Gasteiger partial charge in [0.1, 0.15) is 22.9 Å². The third-order valence-electron chi connectivity index (χ3n) is 4.91. The predicted octanol–water partition coefficient (Wildman–Crippen LogP) is 3.23. The molecule has 0 radical (unpaired) electrons. The summed E-state index contributed by atoms with van der Waals surface area (Å²) >= 11 is 0. The lowest BCUT2D eigenvalue weighted by atomic mass is 10.2. The van der Waals surface area contributed by atoms with E-state index in [0.717, 1.165) is 0 Å². The molecule has 4 rings (SSSR count). The smallest absolute Gasteiger partial charge is 0.298 e. The lowest BCUT2D eigenvalue weighted by molar-refractivity contribution is 0.0205. The number of carbonyl (C=O) groups excluding carboxylic acids is 2. The number of carbonyl (C=O) groups is 2. The Balaban J connectivity index is 1.62. The van der Waals surface area contributed by atoms with Crippen LogP contribution in [-0.2, 0) is 6.54 Å². The average Bonchev–Trinajstić information content (AvgIpc) is 3.04. The number of amides is 2. The van der Waals surface area contributed by atoms with Crippen LogP contribution >= 0.6 is 0 Å². The van der Waals surface area contributed by atoms with Gasteiger partial charge in [-0.2, -0.15) is 5.12 Å². The Morgan fingerprint density at radius 3 is 2.84 bits per heavy atom. The van der Waals surface area contributed by atoms with Crippen molar-refractivity contribution in [2.45, 2.75) is 32.9 Å². The Bertz CT molecular complexity index is 1190. The maximum Gasteiger partial charge on any atom is 0.298 e. The monoisotopic (exact) mass is 423 g/mol. The van der Waals surface area contributed by atoms with Crippen LogP contribution in [0.15, 0.2) is 30.5 Å². The van der Waals surface area contributed by atoms with E-state index in [1.807, 2.05) is 13.8 Å². The highest BCUT2D eigenvalue weighted by atomic mass is 19.2. The zero-order valence-electron chi connectivity index (χ0n) is 17.1. The molecule has 0 saturated heterocycles. The van der Waals surface area contributed by atoms with Gasteiger partial charge in [-0.05, 0) is 44.5 Å². The minimum atomic E-state index is -0.707. The molecule has 9 nitrogen and oxygen atoms in total. The molecule has 3 aromatic rings. The summed E-state index contributed by atoms with van der Waals surface area (Å²) in [6.45, 7) is 4.38. The Morgan fingerprint density at radius 2 is 2.10 bits per heavy atom. The predicted molar refractivity (Wildman–Crippen MR) is 115 cm³/mol. The van der Waals surface area contributed by atoms with E-state index in [1.165, 1.54) is 12.4 Å². The SMILES string of the molecule is CC(C)Nc1ncc(NC(=O)c2ccc3cc4n(c3n2)CCCN(F)C4=O)cc1C=N. The van der Waals surface area contributed by atoms with E-state index in [4.69, 9.17) is 5.41 Å². The van der Waals surface area contributed by atoms with Gasteiger partial charge in [-0.15, -0.1) is 0 Å². The first-order valence-corrected chi connectivity index (χ1v) is 9.93. The molecule has 0 saturated carbocycles. The van der Waals surface area contributed by atoms with E-state index in [-0.39, 0.29) is 29.1 Å². The van der Waals surface area contributed by atoms with Crippen LogP contribution in [0.4, 0.5) is 16.0 Å². The number of aromatic nitrogens is 3. The van der Waals surface area contributed by atoms with Gasteiger partial charge in [0, 0.05) is 29.8 Å². The molecule has 0 bridgehead atoms. The fourth-order valence-corrected chi connectivity index (χ4v) is 3.50. The fraction of sp³-hybridized carbons (Fsp3) is 0.286. The molecule has 10 heteroatoms. The fourth-order valence-electron chi connectivity index (χ4n) is 3.50. The van der Waals surface area contributed by atoms with Crippen molar-refractivity contribution in [3.63, 3.8) is 0 Å². The molecule has 0 aliphatic carbocycles. The van der Waals surface area contributed by atoms with Gasteiger partial charge < -0.3 is 20.6 Å². The van der Waals surface area contributed by atoms with Crippen molar-refractivity contribution in [1.29, 1.82) is 5.41 Å². The van der Waals surface area contributed by atoms with Gasteiger partial charge in [0.25, 0.3) is 11.8 Å². The molecule has 1 aliphatic heterocycles. The molecule has 0 aromatic carbocycles. The molecule has 4 heterocycles. The molecule has 1 aliphatic rings. The lowest BCUT2D eigenvalue weighted by Gasteiger charge is -2.13. The third kappa shape index (κ3) is 3.96. The number of nitrogens with one attached hydrogen (secondary N) is 3. The van der Waals surface area contributed by atoms with E-state index in [9.17, 15) is 14.1 Å². The van der Waals surface area contributed by atoms with Gasteiger partial charge in [0.05, 0.1) is 18.4 Å². The summed E-state index contributed by atoms with van der Waals surface area (Å²) in [4.78, 5) is 33.7. The van der Waals surface area contributed by atoms with Crippen LogP contribution in [0.3, 0.4) is 0 Å². The highest BCUT2D eigenvalue weighted by Crippen LogP contribution is 2.24. The van der Waals surface area contributed by atoms with Gasteiger partial charge in [-0.25, -0.2) is 9.97 Å². The van der Waals surface area contributed by atoms with Gasteiger partial charge in [-0.1, -0.05) is 4.48 Å². The first kappa shape index (κ1) is 20.5. The molecule has 3 aromatic heterocycles. The summed E-state index contributed by atoms with van der Waals surface area (Å²) in [5, 5.41) is 14.3. The van der Waals surface area contributed by atoms with Crippen molar-refractivity contribution in [3.8, 4) is 0 Å². The molecule has 31 heavy (non-hydrogen) atoms. The van der Waals surface area contributed by atoms with Gasteiger partial charge >= 0.3 is 0 Å². The summed E-state index contributed by atoms with van der Waals surface area (Å²) in [6.07, 6.45) is 3.12. The zero-order chi connectivity index (χ0) is 22.1. The Morgan fingerprint density at radius 1 is 1.29 bits per heavy atom. The number of fused-ring (bicyclic) bond motifs is 3. The van der Waals surface area contributed by atoms with Crippen LogP contribution in [0.25, 0.3) is 11.0 Å². The minimum Gasteiger partial charge on any atom is -0.367 e. The molecule has 0 fully saturated rings. The van der Waals surface area contributed by atoms with Crippen LogP contribution in [0.1, 0.15) is 46.8 Å². The molecule has 3 N–H and O–H groups in total. The van der Waals surface area contributed by atoms with Crippen molar-refractivity contribution < 1.29 is 14.1 Å². The number of rotatable bonds is 5. The van der Waals surface area contributed by atoms with Crippen LogP contribution in [0.2, 0.25) is 0 Å². The van der Waals surface area contributed by atoms with E-state index < -0.39 is 11.8 Å². The number of nitrogens with zero attached hydrogens (tertiary/aromatic N) is 4. The number of anilines is 2. The lowest BCUT2D eigenvalue weighted by Crippen LogP contribution is -2.22. The third-order valence-corrected chi connectivity index (χ3v) is 4.91. The Labute approximate surface area is 177 Å². The number of pyridine rings is 2. The van der Waals surface area contributed by atoms with Crippen LogP contribution < -0.4 is 10.6 Å². The number of hydrogen-bond acceptors (Lipinski definition) is 6. The summed E-state index contributed by atoms with van der Waals surface area (Å²) in [6, 6.07) is 6.63. The second-order valence-electron chi connectivity index (χ2n) is 7.59. The molecular weight excluding hydrogens is 401 g/mol. The summed E-state index contributed by atoms with van der Waals surface area (Å²) in [5.41, 5.74) is 1.80. The molecule has 160 valence electrons. The highest BCUT2D eigenvalue weighted by Gasteiger charge is 2.25. The first-order chi connectivity index (χ1) is 14.9. The van der Waals surface area contributed by atoms with E-state index in [2.05, 4.69) is 20.6 Å². The topological polar surface area (TPSA) is 116 Å². The maximum absolute atomic E-state index is 13.8. The average molecular weight is 423 g/mol. The minimum absolute atomic E-state index is 0.0200. The van der Waals surface area contributed by atoms with Crippen molar-refractivity contribution in [2.24, 2.45) is 0 Å². The normalized spacial score (nSPS) is 13.8. The summed E-state index contributed by atoms with van der Waals surface area (Å²) in [7, 11) is 0. The zero-order valence-corrected chi connectivity index (χ0v) is 17.1. The quantitative estimate of drug-likeness (QED) is 0.430. The molecular formula is C21H22FN7O2. The van der Waals surface area contributed by atoms with Crippen LogP contribution in [0, 0.1) is 5.41 Å². The first-order valence-electron chi connectivity index (χ1n) is 9.93. The standard InChI is InChI=1S/C21H22FN7O2/c1-12(2)25-18-14(10-23)8-15(11-24-18)26-20(30)16-5-4-13-9-17-21(31)29(22)7-3-6-28(17)19(13)27-16/h4-5,8-12,23H,3,6-7H2,1-2H3,(H,24,25)(H,26,30). The van der Waals surface area contributed by atoms with E-state index in [1.54, 1.807) is 28.8 Å². The maximum atomic E-state index is 13.8. The van der Waals surface area contributed by atoms with Crippen molar-refractivity contribution in [3.05, 3.63) is 47.4 Å². The second kappa shape index (κ2) is 8.13. The molecule has 0 atom stereocenters. The summed E-state index contributed by atoms with van der Waals surface area (Å²) < 4.78 is 15.5. The van der Waals surface area contributed by atoms with Crippen molar-refractivity contribution in [1.82, 2.24) is 19.7 Å². The van der Waals surface area contributed by atoms with Gasteiger partial charge in [-0.3, -0.25) is 9.59 Å². The van der Waals surface area contributed by atoms with Crippen LogP contribution in [-0.4, -0.2) is 50.3 Å². The number of halogens is 1. The van der Waals surface area contributed by atoms with E-state index >= 15 is 0 Å². The highest BCUT2D eigenvalue weighted by molar-refractivity contribution is 6.05.